The predicted octanol–water partition coefficient (Wildman–Crippen LogP) is 3.68. The van der Waals surface area contributed by atoms with Crippen molar-refractivity contribution < 1.29 is 4.74 Å². The zero-order valence-electron chi connectivity index (χ0n) is 16.8. The molecule has 1 aliphatic heterocycles. The molecule has 0 amide bonds. The number of ether oxygens (including phenoxy) is 1. The summed E-state index contributed by atoms with van der Waals surface area (Å²) in [4.78, 5) is 11.9. The molecule has 2 aliphatic rings. The van der Waals surface area contributed by atoms with Gasteiger partial charge in [0.1, 0.15) is 15.4 Å². The Hall–Kier alpha value is -1.82. The highest BCUT2D eigenvalue weighted by molar-refractivity contribution is 9.10. The van der Waals surface area contributed by atoms with Gasteiger partial charge < -0.3 is 15.4 Å². The minimum absolute atomic E-state index is 0.390. The number of H-pyrrole nitrogens is 1. The first-order chi connectivity index (χ1) is 14.7. The van der Waals surface area contributed by atoms with Crippen LogP contribution in [-0.4, -0.2) is 67.8 Å². The lowest BCUT2D eigenvalue weighted by Gasteiger charge is -2.39. The molecule has 0 radical (unpaired) electrons. The first kappa shape index (κ1) is 20.1. The number of nitrogens with zero attached hydrogens (tertiary/aromatic N) is 5. The summed E-state index contributed by atoms with van der Waals surface area (Å²) >= 11 is 4.93. The maximum absolute atomic E-state index is 5.50. The summed E-state index contributed by atoms with van der Waals surface area (Å²) in [5, 5.41) is 16.0. The number of morpholine rings is 1. The van der Waals surface area contributed by atoms with E-state index in [1.165, 1.54) is 24.4 Å². The Bertz CT molecular complexity index is 1010. The van der Waals surface area contributed by atoms with E-state index in [9.17, 15) is 0 Å². The summed E-state index contributed by atoms with van der Waals surface area (Å²) in [7, 11) is 0. The highest BCUT2D eigenvalue weighted by Gasteiger charge is 2.28. The van der Waals surface area contributed by atoms with E-state index in [1.807, 2.05) is 13.0 Å². The van der Waals surface area contributed by atoms with Gasteiger partial charge in [-0.05, 0) is 66.1 Å². The van der Waals surface area contributed by atoms with Crippen molar-refractivity contribution in [3.05, 3.63) is 16.4 Å². The van der Waals surface area contributed by atoms with E-state index in [0.29, 0.717) is 23.7 Å². The second-order valence-electron chi connectivity index (χ2n) is 7.89. The Labute approximate surface area is 187 Å². The van der Waals surface area contributed by atoms with E-state index in [2.05, 4.69) is 51.0 Å². The SMILES string of the molecule is Cc1cc(Nc2nc(NC3CCC(N4CCOCC4)CC3)c3c(Br)n[nH]c3n2)sn1. The molecule has 0 spiro atoms. The van der Waals surface area contributed by atoms with Crippen molar-refractivity contribution in [1.29, 1.82) is 0 Å². The third-order valence-electron chi connectivity index (χ3n) is 5.84. The van der Waals surface area contributed by atoms with Crippen LogP contribution in [0.25, 0.3) is 11.0 Å². The van der Waals surface area contributed by atoms with Crippen LogP contribution in [0.4, 0.5) is 16.8 Å². The molecule has 1 aliphatic carbocycles. The van der Waals surface area contributed by atoms with Crippen LogP contribution in [0.5, 0.6) is 0 Å². The Morgan fingerprint density at radius 1 is 1.20 bits per heavy atom. The molecule has 1 saturated carbocycles. The van der Waals surface area contributed by atoms with E-state index in [0.717, 1.165) is 65.6 Å². The van der Waals surface area contributed by atoms with Crippen molar-refractivity contribution in [2.45, 2.75) is 44.7 Å². The standard InChI is InChI=1S/C19H25BrN8OS/c1-11-10-14(30-27-11)22-19-23-17(15-16(20)25-26-18(15)24-19)21-12-2-4-13(5-3-12)28-6-8-29-9-7-28/h10,12-13H,2-9H2,1H3,(H3,21,22,23,24,25,26). The summed E-state index contributed by atoms with van der Waals surface area (Å²) in [6.07, 6.45) is 4.65. The van der Waals surface area contributed by atoms with Crippen LogP contribution in [0.15, 0.2) is 10.7 Å². The van der Waals surface area contributed by atoms with Gasteiger partial charge in [0.05, 0.1) is 24.3 Å². The molecule has 0 aromatic carbocycles. The van der Waals surface area contributed by atoms with E-state index >= 15 is 0 Å². The first-order valence-electron chi connectivity index (χ1n) is 10.4. The number of aromatic nitrogens is 5. The molecule has 30 heavy (non-hydrogen) atoms. The summed E-state index contributed by atoms with van der Waals surface area (Å²) in [5.74, 6) is 1.34. The van der Waals surface area contributed by atoms with Crippen LogP contribution in [0.3, 0.4) is 0 Å². The maximum Gasteiger partial charge on any atom is 0.231 e. The van der Waals surface area contributed by atoms with Gasteiger partial charge in [0, 0.05) is 25.2 Å². The topological polar surface area (TPSA) is 104 Å². The van der Waals surface area contributed by atoms with Crippen molar-refractivity contribution in [2.75, 3.05) is 36.9 Å². The molecular weight excluding hydrogens is 468 g/mol. The Morgan fingerprint density at radius 2 is 2.00 bits per heavy atom. The summed E-state index contributed by atoms with van der Waals surface area (Å²) < 4.78 is 10.5. The third-order valence-corrected chi connectivity index (χ3v) is 7.21. The molecule has 0 unspecified atom stereocenters. The van der Waals surface area contributed by atoms with Gasteiger partial charge >= 0.3 is 0 Å². The quantitative estimate of drug-likeness (QED) is 0.495. The van der Waals surface area contributed by atoms with Gasteiger partial charge in [-0.15, -0.1) is 0 Å². The van der Waals surface area contributed by atoms with Gasteiger partial charge in [-0.1, -0.05) is 0 Å². The second-order valence-corrected chi connectivity index (χ2v) is 9.45. The minimum atomic E-state index is 0.390. The Balaban J connectivity index is 1.31. The predicted molar refractivity (Wildman–Crippen MR) is 122 cm³/mol. The van der Waals surface area contributed by atoms with Crippen molar-refractivity contribution in [3.8, 4) is 0 Å². The number of hydrogen-bond donors (Lipinski definition) is 3. The van der Waals surface area contributed by atoms with E-state index in [1.54, 1.807) is 0 Å². The van der Waals surface area contributed by atoms with E-state index in [-0.39, 0.29) is 0 Å². The molecule has 3 aromatic heterocycles. The fraction of sp³-hybridized carbons (Fsp3) is 0.579. The largest absolute Gasteiger partial charge is 0.379 e. The van der Waals surface area contributed by atoms with E-state index in [4.69, 9.17) is 9.72 Å². The lowest BCUT2D eigenvalue weighted by Crippen LogP contribution is -2.46. The molecule has 0 bridgehead atoms. The number of rotatable bonds is 5. The molecule has 4 heterocycles. The van der Waals surface area contributed by atoms with Crippen molar-refractivity contribution in [1.82, 2.24) is 29.4 Å². The number of nitrogens with one attached hydrogen (secondary N) is 3. The molecule has 0 atom stereocenters. The number of fused-ring (bicyclic) bond motifs is 1. The van der Waals surface area contributed by atoms with Crippen molar-refractivity contribution >= 4 is 55.3 Å². The van der Waals surface area contributed by atoms with Gasteiger partial charge in [0.15, 0.2) is 5.65 Å². The molecule has 3 aromatic rings. The smallest absolute Gasteiger partial charge is 0.231 e. The monoisotopic (exact) mass is 492 g/mol. The number of aromatic amines is 1. The van der Waals surface area contributed by atoms with Crippen LogP contribution in [0.1, 0.15) is 31.4 Å². The minimum Gasteiger partial charge on any atom is -0.379 e. The Kier molecular flexibility index (Phi) is 5.85. The van der Waals surface area contributed by atoms with Gasteiger partial charge in [-0.3, -0.25) is 10.00 Å². The normalized spacial score (nSPS) is 23.0. The summed E-state index contributed by atoms with van der Waals surface area (Å²) in [6, 6.07) is 3.05. The highest BCUT2D eigenvalue weighted by atomic mass is 79.9. The van der Waals surface area contributed by atoms with Crippen LogP contribution in [0.2, 0.25) is 0 Å². The Morgan fingerprint density at radius 3 is 2.73 bits per heavy atom. The van der Waals surface area contributed by atoms with Gasteiger partial charge in [-0.2, -0.15) is 19.4 Å². The zero-order valence-corrected chi connectivity index (χ0v) is 19.2. The van der Waals surface area contributed by atoms with Gasteiger partial charge in [0.25, 0.3) is 0 Å². The lowest BCUT2D eigenvalue weighted by atomic mass is 9.90. The molecule has 1 saturated heterocycles. The second kappa shape index (κ2) is 8.74. The molecule has 9 nitrogen and oxygen atoms in total. The van der Waals surface area contributed by atoms with Crippen molar-refractivity contribution in [2.24, 2.45) is 0 Å². The summed E-state index contributed by atoms with van der Waals surface area (Å²) in [6.45, 7) is 5.81. The average Bonchev–Trinajstić information content (AvgIpc) is 3.34. The molecule has 5 rings (SSSR count). The molecule has 3 N–H and O–H groups in total. The third kappa shape index (κ3) is 4.29. The number of anilines is 3. The van der Waals surface area contributed by atoms with E-state index < -0.39 is 0 Å². The van der Waals surface area contributed by atoms with Crippen LogP contribution < -0.4 is 10.6 Å². The molecule has 2 fully saturated rings. The van der Waals surface area contributed by atoms with Gasteiger partial charge in [0.2, 0.25) is 5.95 Å². The first-order valence-corrected chi connectivity index (χ1v) is 11.9. The van der Waals surface area contributed by atoms with Crippen molar-refractivity contribution in [3.63, 3.8) is 0 Å². The van der Waals surface area contributed by atoms with Crippen LogP contribution in [-0.2, 0) is 4.74 Å². The summed E-state index contributed by atoms with van der Waals surface area (Å²) in [5.41, 5.74) is 1.67. The van der Waals surface area contributed by atoms with Crippen LogP contribution in [0, 0.1) is 6.92 Å². The van der Waals surface area contributed by atoms with Gasteiger partial charge in [-0.25, -0.2) is 0 Å². The molecule has 11 heteroatoms. The molecule has 160 valence electrons. The average molecular weight is 493 g/mol. The number of halogens is 1. The number of aryl methyl sites for hydroxylation is 1. The maximum atomic E-state index is 5.50. The molecular formula is C19H25BrN8OS. The highest BCUT2D eigenvalue weighted by Crippen LogP contribution is 2.32. The number of hydrogen-bond acceptors (Lipinski definition) is 9. The zero-order chi connectivity index (χ0) is 20.5. The fourth-order valence-electron chi connectivity index (χ4n) is 4.31. The lowest BCUT2D eigenvalue weighted by molar-refractivity contribution is 0.00791. The van der Waals surface area contributed by atoms with Crippen LogP contribution >= 0.6 is 27.5 Å². The fourth-order valence-corrected chi connectivity index (χ4v) is 5.43.